The number of aryl methyl sites for hydroxylation is 1. The summed E-state index contributed by atoms with van der Waals surface area (Å²) in [6.45, 7) is 4.01. The number of hydrogen-bond acceptors (Lipinski definition) is 4. The molecule has 0 unspecified atom stereocenters. The van der Waals surface area contributed by atoms with Gasteiger partial charge in [-0.25, -0.2) is 0 Å². The van der Waals surface area contributed by atoms with Gasteiger partial charge in [0.25, 0.3) is 0 Å². The van der Waals surface area contributed by atoms with E-state index in [9.17, 15) is 0 Å². The lowest BCUT2D eigenvalue weighted by molar-refractivity contribution is 0.241. The summed E-state index contributed by atoms with van der Waals surface area (Å²) < 4.78 is 5.33. The summed E-state index contributed by atoms with van der Waals surface area (Å²) in [5.74, 6) is 2.05. The molecule has 2 heterocycles. The van der Waals surface area contributed by atoms with E-state index in [2.05, 4.69) is 15.5 Å². The predicted octanol–water partition coefficient (Wildman–Crippen LogP) is 1.63. The van der Waals surface area contributed by atoms with Gasteiger partial charge in [0.05, 0.1) is 5.92 Å². The first kappa shape index (κ1) is 9.33. The van der Waals surface area contributed by atoms with E-state index in [1.807, 2.05) is 6.92 Å². The Kier molecular flexibility index (Phi) is 2.06. The van der Waals surface area contributed by atoms with E-state index in [-0.39, 0.29) is 0 Å². The molecule has 1 atom stereocenters. The number of nitrogens with one attached hydrogen (secondary N) is 1. The summed E-state index contributed by atoms with van der Waals surface area (Å²) in [6.07, 6.45) is 5.33. The second-order valence-electron chi connectivity index (χ2n) is 4.93. The molecular weight excluding hydrogens is 190 g/mol. The average molecular weight is 207 g/mol. The van der Waals surface area contributed by atoms with Crippen molar-refractivity contribution in [1.29, 1.82) is 0 Å². The fourth-order valence-corrected chi connectivity index (χ4v) is 3.21. The Balaban J connectivity index is 1.91. The molecule has 4 nitrogen and oxygen atoms in total. The Morgan fingerprint density at radius 1 is 1.40 bits per heavy atom. The molecule has 0 amide bonds. The maximum atomic E-state index is 5.33. The minimum Gasteiger partial charge on any atom is -0.339 e. The standard InChI is InChI=1S/C11H17N3O/c1-8-13-10(15-14-8)9-6-12-7-11(9)4-2-3-5-11/h9,12H,2-7H2,1H3/t9-/m1/s1. The third-order valence-electron chi connectivity index (χ3n) is 4.01. The molecule has 1 saturated carbocycles. The van der Waals surface area contributed by atoms with Crippen LogP contribution in [0.3, 0.4) is 0 Å². The van der Waals surface area contributed by atoms with Gasteiger partial charge in [-0.1, -0.05) is 18.0 Å². The molecule has 1 aromatic rings. The predicted molar refractivity (Wildman–Crippen MR) is 55.5 cm³/mol. The van der Waals surface area contributed by atoms with Gasteiger partial charge in [-0.05, 0) is 25.2 Å². The van der Waals surface area contributed by atoms with Crippen LogP contribution >= 0.6 is 0 Å². The van der Waals surface area contributed by atoms with Crippen LogP contribution in [0.15, 0.2) is 4.52 Å². The lowest BCUT2D eigenvalue weighted by Gasteiger charge is -2.27. The Morgan fingerprint density at radius 2 is 2.20 bits per heavy atom. The lowest BCUT2D eigenvalue weighted by atomic mass is 9.76. The minimum absolute atomic E-state index is 0.416. The highest BCUT2D eigenvalue weighted by Crippen LogP contribution is 2.50. The van der Waals surface area contributed by atoms with Crippen molar-refractivity contribution in [3.63, 3.8) is 0 Å². The van der Waals surface area contributed by atoms with Crippen LogP contribution in [-0.4, -0.2) is 23.2 Å². The largest absolute Gasteiger partial charge is 0.339 e. The fourth-order valence-electron chi connectivity index (χ4n) is 3.21. The van der Waals surface area contributed by atoms with Crippen molar-refractivity contribution in [2.24, 2.45) is 5.41 Å². The van der Waals surface area contributed by atoms with Crippen molar-refractivity contribution in [3.8, 4) is 0 Å². The topological polar surface area (TPSA) is 51.0 Å². The molecule has 3 rings (SSSR count). The highest BCUT2D eigenvalue weighted by atomic mass is 16.5. The molecule has 0 radical (unpaired) electrons. The van der Waals surface area contributed by atoms with E-state index < -0.39 is 0 Å². The quantitative estimate of drug-likeness (QED) is 0.760. The first-order valence-electron chi connectivity index (χ1n) is 5.81. The minimum atomic E-state index is 0.416. The van der Waals surface area contributed by atoms with E-state index in [4.69, 9.17) is 4.52 Å². The summed E-state index contributed by atoms with van der Waals surface area (Å²) in [4.78, 5) is 4.39. The van der Waals surface area contributed by atoms with Crippen molar-refractivity contribution in [1.82, 2.24) is 15.5 Å². The summed E-state index contributed by atoms with van der Waals surface area (Å²) in [6, 6.07) is 0. The first-order valence-corrected chi connectivity index (χ1v) is 5.81. The van der Waals surface area contributed by atoms with Crippen molar-refractivity contribution >= 4 is 0 Å². The maximum Gasteiger partial charge on any atom is 0.231 e. The molecule has 1 aromatic heterocycles. The summed E-state index contributed by atoms with van der Waals surface area (Å²) in [5, 5.41) is 7.39. The number of hydrogen-bond donors (Lipinski definition) is 1. The van der Waals surface area contributed by atoms with E-state index >= 15 is 0 Å². The van der Waals surface area contributed by atoms with Gasteiger partial charge in [0.1, 0.15) is 0 Å². The van der Waals surface area contributed by atoms with E-state index in [1.165, 1.54) is 25.7 Å². The van der Waals surface area contributed by atoms with Gasteiger partial charge < -0.3 is 9.84 Å². The molecule has 2 aliphatic rings. The SMILES string of the molecule is Cc1noc([C@H]2CNCC23CCCC3)n1. The van der Waals surface area contributed by atoms with Crippen LogP contribution in [0.4, 0.5) is 0 Å². The molecule has 2 fully saturated rings. The smallest absolute Gasteiger partial charge is 0.231 e. The van der Waals surface area contributed by atoms with Crippen LogP contribution < -0.4 is 5.32 Å². The van der Waals surface area contributed by atoms with Gasteiger partial charge in [-0.3, -0.25) is 0 Å². The Labute approximate surface area is 89.4 Å². The molecule has 4 heteroatoms. The molecule has 15 heavy (non-hydrogen) atoms. The normalized spacial score (nSPS) is 29.0. The fraction of sp³-hybridized carbons (Fsp3) is 0.818. The third kappa shape index (κ3) is 1.39. The zero-order valence-corrected chi connectivity index (χ0v) is 9.12. The van der Waals surface area contributed by atoms with E-state index in [0.29, 0.717) is 11.3 Å². The van der Waals surface area contributed by atoms with E-state index in [0.717, 1.165) is 24.8 Å². The van der Waals surface area contributed by atoms with Gasteiger partial charge in [-0.15, -0.1) is 0 Å². The second kappa shape index (κ2) is 3.30. The van der Waals surface area contributed by atoms with Gasteiger partial charge in [-0.2, -0.15) is 4.98 Å². The summed E-state index contributed by atoms with van der Waals surface area (Å²) in [7, 11) is 0. The van der Waals surface area contributed by atoms with Gasteiger partial charge in [0, 0.05) is 13.1 Å². The number of rotatable bonds is 1. The molecule has 1 spiro atoms. The summed E-state index contributed by atoms with van der Waals surface area (Å²) >= 11 is 0. The third-order valence-corrected chi connectivity index (χ3v) is 4.01. The molecule has 0 bridgehead atoms. The molecule has 1 aliphatic heterocycles. The van der Waals surface area contributed by atoms with Gasteiger partial charge >= 0.3 is 0 Å². The number of aromatic nitrogens is 2. The highest BCUT2D eigenvalue weighted by Gasteiger charge is 2.47. The van der Waals surface area contributed by atoms with Crippen LogP contribution in [0.1, 0.15) is 43.3 Å². The van der Waals surface area contributed by atoms with Crippen molar-refractivity contribution in [2.45, 2.75) is 38.5 Å². The monoisotopic (exact) mass is 207 g/mol. The molecule has 1 N–H and O–H groups in total. The van der Waals surface area contributed by atoms with Crippen LogP contribution in [0.2, 0.25) is 0 Å². The first-order chi connectivity index (χ1) is 7.30. The van der Waals surface area contributed by atoms with Crippen LogP contribution in [-0.2, 0) is 0 Å². The van der Waals surface area contributed by atoms with E-state index in [1.54, 1.807) is 0 Å². The van der Waals surface area contributed by atoms with Gasteiger partial charge in [0.15, 0.2) is 5.82 Å². The zero-order chi connectivity index (χ0) is 10.3. The molecule has 0 aromatic carbocycles. The Morgan fingerprint density at radius 3 is 2.87 bits per heavy atom. The van der Waals surface area contributed by atoms with Crippen LogP contribution in [0.5, 0.6) is 0 Å². The van der Waals surface area contributed by atoms with Gasteiger partial charge in [0.2, 0.25) is 5.89 Å². The second-order valence-corrected chi connectivity index (χ2v) is 4.93. The summed E-state index contributed by atoms with van der Waals surface area (Å²) in [5.41, 5.74) is 0.416. The maximum absolute atomic E-state index is 5.33. The van der Waals surface area contributed by atoms with Crippen LogP contribution in [0, 0.1) is 12.3 Å². The molecule has 1 aliphatic carbocycles. The van der Waals surface area contributed by atoms with Crippen molar-refractivity contribution < 1.29 is 4.52 Å². The van der Waals surface area contributed by atoms with Crippen molar-refractivity contribution in [3.05, 3.63) is 11.7 Å². The molecular formula is C11H17N3O. The van der Waals surface area contributed by atoms with Crippen LogP contribution in [0.25, 0.3) is 0 Å². The number of nitrogens with zero attached hydrogens (tertiary/aromatic N) is 2. The average Bonchev–Trinajstić information content (AvgIpc) is 2.90. The Hall–Kier alpha value is -0.900. The Bertz CT molecular complexity index is 349. The molecule has 82 valence electrons. The molecule has 1 saturated heterocycles. The van der Waals surface area contributed by atoms with Crippen molar-refractivity contribution in [2.75, 3.05) is 13.1 Å². The zero-order valence-electron chi connectivity index (χ0n) is 9.12. The highest BCUT2D eigenvalue weighted by molar-refractivity contribution is 5.10. The lowest BCUT2D eigenvalue weighted by Crippen LogP contribution is -2.25.